The number of carbonyl (C=O) groups is 1. The molecule has 2 atom stereocenters. The molecule has 0 bridgehead atoms. The van der Waals surface area contributed by atoms with E-state index in [-0.39, 0.29) is 37.6 Å². The number of fused-ring (bicyclic) bond motifs is 2. The van der Waals surface area contributed by atoms with Crippen molar-refractivity contribution in [3.63, 3.8) is 0 Å². The Bertz CT molecular complexity index is 1150. The van der Waals surface area contributed by atoms with E-state index in [0.29, 0.717) is 30.9 Å². The number of alkyl halides is 6. The van der Waals surface area contributed by atoms with Gasteiger partial charge in [-0.25, -0.2) is 4.79 Å². The Morgan fingerprint density at radius 1 is 1.03 bits per heavy atom. The molecule has 2 heterocycles. The van der Waals surface area contributed by atoms with E-state index in [9.17, 15) is 31.1 Å². The maximum atomic E-state index is 13.5. The number of nitrogens with zero attached hydrogens (tertiary/aromatic N) is 2. The maximum absolute atomic E-state index is 13.5. The van der Waals surface area contributed by atoms with E-state index >= 15 is 0 Å². The van der Waals surface area contributed by atoms with Crippen molar-refractivity contribution in [2.24, 2.45) is 0 Å². The first-order valence-electron chi connectivity index (χ1n) is 12.0. The van der Waals surface area contributed by atoms with Crippen molar-refractivity contribution in [2.75, 3.05) is 25.3 Å². The summed E-state index contributed by atoms with van der Waals surface area (Å²) in [6.07, 6.45) is -10.1. The molecular weight excluding hydrogens is 518 g/mol. The lowest BCUT2D eigenvalue weighted by molar-refractivity contribution is -0.143. The summed E-state index contributed by atoms with van der Waals surface area (Å²) < 4.78 is 96.9. The van der Waals surface area contributed by atoms with E-state index in [4.69, 9.17) is 14.2 Å². The lowest BCUT2D eigenvalue weighted by Gasteiger charge is -2.43. The van der Waals surface area contributed by atoms with Crippen molar-refractivity contribution < 1.29 is 45.3 Å². The number of benzene rings is 2. The molecule has 0 saturated carbocycles. The molecule has 4 rings (SSSR count). The zero-order valence-electron chi connectivity index (χ0n) is 21.1. The average molecular weight is 547 g/mol. The molecule has 2 aliphatic rings. The molecule has 0 spiro atoms. The number of anilines is 1. The van der Waals surface area contributed by atoms with Crippen LogP contribution in [0.2, 0.25) is 0 Å². The Morgan fingerprint density at radius 2 is 1.63 bits per heavy atom. The van der Waals surface area contributed by atoms with Crippen molar-refractivity contribution in [1.29, 1.82) is 0 Å². The molecule has 38 heavy (non-hydrogen) atoms. The molecule has 2 aliphatic heterocycles. The second kappa shape index (κ2) is 10.7. The van der Waals surface area contributed by atoms with E-state index in [0.717, 1.165) is 23.3 Å². The fraction of sp³-hybridized carbons (Fsp3) is 0.500. The van der Waals surface area contributed by atoms with Crippen LogP contribution in [-0.2, 0) is 46.3 Å². The largest absolute Gasteiger partial charge is 0.449 e. The van der Waals surface area contributed by atoms with Crippen LogP contribution in [0.4, 0.5) is 36.8 Å². The van der Waals surface area contributed by atoms with Gasteiger partial charge < -0.3 is 14.2 Å². The van der Waals surface area contributed by atoms with Crippen LogP contribution in [0.25, 0.3) is 0 Å². The van der Waals surface area contributed by atoms with Crippen LogP contribution >= 0.6 is 0 Å². The highest BCUT2D eigenvalue weighted by molar-refractivity contribution is 5.90. The number of rotatable bonds is 6. The molecule has 0 saturated heterocycles. The summed E-state index contributed by atoms with van der Waals surface area (Å²) in [5.74, 6) is 0. The van der Waals surface area contributed by atoms with Gasteiger partial charge in [-0.2, -0.15) is 26.3 Å². The van der Waals surface area contributed by atoms with Gasteiger partial charge in [0, 0.05) is 25.7 Å². The van der Waals surface area contributed by atoms with Crippen LogP contribution in [-0.4, -0.2) is 37.5 Å². The van der Waals surface area contributed by atoms with Crippen LogP contribution in [0.15, 0.2) is 30.3 Å². The first-order chi connectivity index (χ1) is 17.8. The van der Waals surface area contributed by atoms with E-state index < -0.39 is 35.6 Å². The Kier molecular flexibility index (Phi) is 7.96. The number of amides is 1. The third-order valence-corrected chi connectivity index (χ3v) is 6.72. The molecule has 0 aliphatic carbocycles. The second-order valence-electron chi connectivity index (χ2n) is 9.42. The van der Waals surface area contributed by atoms with Gasteiger partial charge in [0.15, 0.2) is 0 Å². The molecule has 0 fully saturated rings. The van der Waals surface area contributed by atoms with Crippen molar-refractivity contribution in [3.05, 3.63) is 63.7 Å². The molecule has 208 valence electrons. The third-order valence-electron chi connectivity index (χ3n) is 6.72. The van der Waals surface area contributed by atoms with Gasteiger partial charge in [0.1, 0.15) is 0 Å². The van der Waals surface area contributed by atoms with E-state index in [1.807, 2.05) is 19.1 Å². The van der Waals surface area contributed by atoms with Gasteiger partial charge in [0.2, 0.25) is 0 Å². The highest BCUT2D eigenvalue weighted by Gasteiger charge is 2.40. The predicted molar refractivity (Wildman–Crippen MR) is 125 cm³/mol. The highest BCUT2D eigenvalue weighted by atomic mass is 19.4. The standard InChI is InChI=1S/C26H28F6N2O4/c1-4-38-24(35)34-15(2)5-22(21-8-17-12-37-13-18(17)9-23(21)34)33(14-36-3)11-16-6-19(25(27,28)29)10-20(7-16)26(30,31)32/h6-10,15,22H,4-5,11-14H2,1-3H3/t15-,22+/m1/s1. The maximum Gasteiger partial charge on any atom is 0.416 e. The van der Waals surface area contributed by atoms with E-state index in [1.54, 1.807) is 11.8 Å². The van der Waals surface area contributed by atoms with Gasteiger partial charge in [-0.05, 0) is 72.9 Å². The number of halogens is 6. The third kappa shape index (κ3) is 5.76. The number of ether oxygens (including phenoxy) is 3. The smallest absolute Gasteiger partial charge is 0.416 e. The molecule has 2 aromatic rings. The molecule has 0 N–H and O–H groups in total. The number of hydrogen-bond acceptors (Lipinski definition) is 5. The van der Waals surface area contributed by atoms with Crippen molar-refractivity contribution in [2.45, 2.75) is 64.5 Å². The summed E-state index contributed by atoms with van der Waals surface area (Å²) >= 11 is 0. The zero-order chi connectivity index (χ0) is 27.8. The summed E-state index contributed by atoms with van der Waals surface area (Å²) in [6, 6.07) is 4.45. The van der Waals surface area contributed by atoms with Crippen molar-refractivity contribution in [1.82, 2.24) is 4.90 Å². The Labute approximate surface area is 216 Å². The first-order valence-corrected chi connectivity index (χ1v) is 12.0. The fourth-order valence-corrected chi connectivity index (χ4v) is 5.08. The summed E-state index contributed by atoms with van der Waals surface area (Å²) in [5, 5.41) is 0. The number of carbonyl (C=O) groups excluding carboxylic acids is 1. The van der Waals surface area contributed by atoms with Crippen LogP contribution in [0.5, 0.6) is 0 Å². The monoisotopic (exact) mass is 546 g/mol. The molecule has 0 radical (unpaired) electrons. The zero-order valence-corrected chi connectivity index (χ0v) is 21.1. The van der Waals surface area contributed by atoms with Crippen molar-refractivity contribution in [3.8, 4) is 0 Å². The summed E-state index contributed by atoms with van der Waals surface area (Å²) in [4.78, 5) is 16.1. The first kappa shape index (κ1) is 28.2. The highest BCUT2D eigenvalue weighted by Crippen LogP contribution is 2.44. The fourth-order valence-electron chi connectivity index (χ4n) is 5.08. The molecular formula is C26H28F6N2O4. The van der Waals surface area contributed by atoms with Crippen LogP contribution in [0.1, 0.15) is 59.7 Å². The predicted octanol–water partition coefficient (Wildman–Crippen LogP) is 6.66. The topological polar surface area (TPSA) is 51.2 Å². The molecule has 1 amide bonds. The minimum atomic E-state index is -4.95. The van der Waals surface area contributed by atoms with Gasteiger partial charge in [0.05, 0.1) is 43.4 Å². The normalized spacial score (nSPS) is 19.5. The molecule has 12 heteroatoms. The second-order valence-corrected chi connectivity index (χ2v) is 9.42. The van der Waals surface area contributed by atoms with Gasteiger partial charge >= 0.3 is 18.4 Å². The van der Waals surface area contributed by atoms with E-state index in [2.05, 4.69) is 0 Å². The lowest BCUT2D eigenvalue weighted by Crippen LogP contribution is -2.47. The van der Waals surface area contributed by atoms with E-state index in [1.165, 1.54) is 12.0 Å². The van der Waals surface area contributed by atoms with Crippen molar-refractivity contribution >= 4 is 11.8 Å². The van der Waals surface area contributed by atoms with Gasteiger partial charge in [-0.1, -0.05) is 0 Å². The van der Waals surface area contributed by atoms with Gasteiger partial charge in [-0.3, -0.25) is 9.80 Å². The minimum absolute atomic E-state index is 0.0680. The molecule has 0 unspecified atom stereocenters. The molecule has 6 nitrogen and oxygen atoms in total. The number of hydrogen-bond donors (Lipinski definition) is 0. The van der Waals surface area contributed by atoms with Crippen LogP contribution < -0.4 is 4.90 Å². The molecule has 2 aromatic carbocycles. The van der Waals surface area contributed by atoms with Crippen LogP contribution in [0, 0.1) is 0 Å². The summed E-state index contributed by atoms with van der Waals surface area (Å²) in [6.45, 7) is 4.08. The Hall–Kier alpha value is -2.83. The summed E-state index contributed by atoms with van der Waals surface area (Å²) in [5.41, 5.74) is 0.162. The lowest BCUT2D eigenvalue weighted by atomic mass is 9.88. The van der Waals surface area contributed by atoms with Gasteiger partial charge in [0.25, 0.3) is 0 Å². The SMILES string of the molecule is CCOC(=O)N1c2cc3c(cc2[C@@H](N(COC)Cc2cc(C(F)(F)F)cc(C(F)(F)F)c2)C[C@H]1C)COC3. The van der Waals surface area contributed by atoms with Gasteiger partial charge in [-0.15, -0.1) is 0 Å². The Balaban J connectivity index is 1.78. The minimum Gasteiger partial charge on any atom is -0.449 e. The van der Waals surface area contributed by atoms with Crippen LogP contribution in [0.3, 0.4) is 0 Å². The number of methoxy groups -OCH3 is 1. The Morgan fingerprint density at radius 3 is 2.18 bits per heavy atom. The molecule has 0 aromatic heterocycles. The average Bonchev–Trinajstić information content (AvgIpc) is 3.28. The summed E-state index contributed by atoms with van der Waals surface area (Å²) in [7, 11) is 1.40. The quantitative estimate of drug-likeness (QED) is 0.300.